The smallest absolute Gasteiger partial charge is 0.179 e. The number of benzene rings is 2. The first-order valence-corrected chi connectivity index (χ1v) is 12.3. The number of sulfone groups is 1. The Bertz CT molecular complexity index is 988. The highest BCUT2D eigenvalue weighted by molar-refractivity contribution is 7.91. The number of fused-ring (bicyclic) bond motifs is 1. The second kappa shape index (κ2) is 8.67. The number of aliphatic hydroxyl groups is 1. The summed E-state index contributed by atoms with van der Waals surface area (Å²) >= 11 is 0. The molecule has 0 bridgehead atoms. The van der Waals surface area contributed by atoms with Crippen molar-refractivity contribution in [2.75, 3.05) is 24.7 Å². The third kappa shape index (κ3) is 4.12. The number of hydrogen-bond acceptors (Lipinski definition) is 4. The van der Waals surface area contributed by atoms with Crippen molar-refractivity contribution in [2.45, 2.75) is 56.4 Å². The van der Waals surface area contributed by atoms with Gasteiger partial charge in [-0.3, -0.25) is 0 Å². The molecule has 0 fully saturated rings. The highest BCUT2D eigenvalue weighted by Crippen LogP contribution is 2.48. The third-order valence-corrected chi connectivity index (χ3v) is 8.56. The standard InChI is InChI=1S/C24H32FNO3S/c1-5-7-14-24(6-2)16-30(28,29)21-13-10-18(25)15-20(21)22(23(24)27)17-8-11-19(12-9-17)26(3)4/h8-13,15,22-23,27H,5-7,14,16H2,1-4H3/t22-,23?,24?/m1/s1. The largest absolute Gasteiger partial charge is 0.392 e. The highest BCUT2D eigenvalue weighted by Gasteiger charge is 2.48. The van der Waals surface area contributed by atoms with E-state index in [1.165, 1.54) is 18.2 Å². The molecule has 0 radical (unpaired) electrons. The van der Waals surface area contributed by atoms with Gasteiger partial charge in [0.1, 0.15) is 5.82 Å². The topological polar surface area (TPSA) is 57.6 Å². The fourth-order valence-corrected chi connectivity index (χ4v) is 6.94. The minimum Gasteiger partial charge on any atom is -0.392 e. The van der Waals surface area contributed by atoms with Gasteiger partial charge in [0.15, 0.2) is 9.84 Å². The fourth-order valence-electron chi connectivity index (χ4n) is 4.69. The van der Waals surface area contributed by atoms with Gasteiger partial charge in [-0.15, -0.1) is 0 Å². The summed E-state index contributed by atoms with van der Waals surface area (Å²) < 4.78 is 41.0. The maximum Gasteiger partial charge on any atom is 0.179 e. The van der Waals surface area contributed by atoms with Crippen molar-refractivity contribution in [1.82, 2.24) is 0 Å². The molecule has 0 saturated heterocycles. The number of hydrogen-bond donors (Lipinski definition) is 1. The molecule has 3 rings (SSSR count). The number of unbranched alkanes of at least 4 members (excludes halogenated alkanes) is 1. The van der Waals surface area contributed by atoms with Crippen LogP contribution in [0.25, 0.3) is 0 Å². The van der Waals surface area contributed by atoms with Crippen molar-refractivity contribution >= 4 is 15.5 Å². The van der Waals surface area contributed by atoms with E-state index in [-0.39, 0.29) is 10.6 Å². The van der Waals surface area contributed by atoms with Crippen LogP contribution in [0.2, 0.25) is 0 Å². The molecule has 0 spiro atoms. The maximum atomic E-state index is 14.3. The van der Waals surface area contributed by atoms with E-state index >= 15 is 0 Å². The summed E-state index contributed by atoms with van der Waals surface area (Å²) in [5.74, 6) is -1.23. The molecular weight excluding hydrogens is 401 g/mol. The minimum absolute atomic E-state index is 0.122. The van der Waals surface area contributed by atoms with E-state index in [9.17, 15) is 17.9 Å². The first kappa shape index (κ1) is 22.8. The lowest BCUT2D eigenvalue weighted by Gasteiger charge is -2.39. The third-order valence-electron chi connectivity index (χ3n) is 6.56. The van der Waals surface area contributed by atoms with E-state index in [2.05, 4.69) is 6.92 Å². The summed E-state index contributed by atoms with van der Waals surface area (Å²) in [5, 5.41) is 11.7. The Morgan fingerprint density at radius 1 is 1.13 bits per heavy atom. The van der Waals surface area contributed by atoms with E-state index in [0.717, 1.165) is 24.1 Å². The van der Waals surface area contributed by atoms with Crippen molar-refractivity contribution in [3.63, 3.8) is 0 Å². The Balaban J connectivity index is 2.25. The van der Waals surface area contributed by atoms with E-state index in [4.69, 9.17) is 0 Å². The second-order valence-corrected chi connectivity index (χ2v) is 10.6. The zero-order valence-corrected chi connectivity index (χ0v) is 19.0. The fraction of sp³-hybridized carbons (Fsp3) is 0.500. The molecule has 3 atom stereocenters. The first-order chi connectivity index (χ1) is 14.1. The van der Waals surface area contributed by atoms with Gasteiger partial charge in [-0.2, -0.15) is 0 Å². The lowest BCUT2D eigenvalue weighted by Crippen LogP contribution is -2.42. The van der Waals surface area contributed by atoms with Crippen LogP contribution in [-0.4, -0.2) is 39.5 Å². The summed E-state index contributed by atoms with van der Waals surface area (Å²) in [6.07, 6.45) is 1.96. The molecule has 2 aromatic rings. The molecular formula is C24H32FNO3S. The van der Waals surface area contributed by atoms with Crippen LogP contribution in [0.15, 0.2) is 47.4 Å². The molecule has 0 amide bonds. The van der Waals surface area contributed by atoms with Gasteiger partial charge in [-0.1, -0.05) is 38.8 Å². The molecule has 0 aromatic heterocycles. The van der Waals surface area contributed by atoms with E-state index in [0.29, 0.717) is 18.4 Å². The Hall–Kier alpha value is -1.92. The zero-order chi connectivity index (χ0) is 22.1. The average molecular weight is 434 g/mol. The van der Waals surface area contributed by atoms with E-state index in [1.54, 1.807) is 0 Å². The molecule has 0 saturated carbocycles. The number of nitrogens with zero attached hydrogens (tertiary/aromatic N) is 1. The van der Waals surface area contributed by atoms with Crippen molar-refractivity contribution < 1.29 is 17.9 Å². The van der Waals surface area contributed by atoms with Gasteiger partial charge < -0.3 is 10.0 Å². The predicted octanol–water partition coefficient (Wildman–Crippen LogP) is 4.76. The van der Waals surface area contributed by atoms with E-state index < -0.39 is 33.1 Å². The van der Waals surface area contributed by atoms with E-state index in [1.807, 2.05) is 50.2 Å². The Kier molecular flexibility index (Phi) is 6.58. The van der Waals surface area contributed by atoms with Crippen LogP contribution in [0.4, 0.5) is 10.1 Å². The molecule has 30 heavy (non-hydrogen) atoms. The van der Waals surface area contributed by atoms with Gasteiger partial charge in [-0.05, 0) is 54.3 Å². The molecule has 2 unspecified atom stereocenters. The van der Waals surface area contributed by atoms with Crippen LogP contribution in [0.5, 0.6) is 0 Å². The summed E-state index contributed by atoms with van der Waals surface area (Å²) in [7, 11) is 0.212. The summed E-state index contributed by atoms with van der Waals surface area (Å²) in [4.78, 5) is 2.11. The van der Waals surface area contributed by atoms with Crippen molar-refractivity contribution in [2.24, 2.45) is 5.41 Å². The highest BCUT2D eigenvalue weighted by atomic mass is 32.2. The molecule has 164 valence electrons. The predicted molar refractivity (Wildman–Crippen MR) is 119 cm³/mol. The lowest BCUT2D eigenvalue weighted by atomic mass is 9.69. The Labute approximate surface area is 179 Å². The van der Waals surface area contributed by atoms with Crippen molar-refractivity contribution in [1.29, 1.82) is 0 Å². The Morgan fingerprint density at radius 2 is 1.80 bits per heavy atom. The molecule has 4 nitrogen and oxygen atoms in total. The minimum atomic E-state index is -3.68. The first-order valence-electron chi connectivity index (χ1n) is 10.6. The Morgan fingerprint density at radius 3 is 2.37 bits per heavy atom. The average Bonchev–Trinajstić information content (AvgIpc) is 2.77. The van der Waals surface area contributed by atoms with Gasteiger partial charge in [-0.25, -0.2) is 12.8 Å². The summed E-state index contributed by atoms with van der Waals surface area (Å²) in [5.41, 5.74) is 1.37. The lowest BCUT2D eigenvalue weighted by molar-refractivity contribution is 0.0173. The molecule has 0 aliphatic carbocycles. The second-order valence-electron chi connectivity index (χ2n) is 8.67. The van der Waals surface area contributed by atoms with Crippen LogP contribution in [-0.2, 0) is 9.84 Å². The zero-order valence-electron chi connectivity index (χ0n) is 18.2. The SMILES string of the molecule is CCCCC1(CC)CS(=O)(=O)c2ccc(F)cc2[C@@H](c2ccc(N(C)C)cc2)C1O. The molecule has 1 aliphatic heterocycles. The molecule has 2 aromatic carbocycles. The normalized spacial score (nSPS) is 25.4. The van der Waals surface area contributed by atoms with Crippen LogP contribution in [0.3, 0.4) is 0 Å². The van der Waals surface area contributed by atoms with Gasteiger partial charge in [0, 0.05) is 31.1 Å². The van der Waals surface area contributed by atoms with Crippen LogP contribution >= 0.6 is 0 Å². The maximum absolute atomic E-state index is 14.3. The molecule has 1 N–H and O–H groups in total. The number of anilines is 1. The number of aliphatic hydroxyl groups excluding tert-OH is 1. The summed E-state index contributed by atoms with van der Waals surface area (Å²) in [6.45, 7) is 4.00. The quantitative estimate of drug-likeness (QED) is 0.668. The van der Waals surface area contributed by atoms with Crippen molar-refractivity contribution in [3.05, 3.63) is 59.4 Å². The van der Waals surface area contributed by atoms with Crippen LogP contribution in [0, 0.1) is 11.2 Å². The van der Waals surface area contributed by atoms with Gasteiger partial charge in [0.05, 0.1) is 16.8 Å². The molecule has 1 heterocycles. The summed E-state index contributed by atoms with van der Waals surface area (Å²) in [6, 6.07) is 11.6. The van der Waals surface area contributed by atoms with Crippen LogP contribution in [0.1, 0.15) is 56.6 Å². The monoisotopic (exact) mass is 433 g/mol. The number of halogens is 1. The van der Waals surface area contributed by atoms with Gasteiger partial charge in [0.25, 0.3) is 0 Å². The van der Waals surface area contributed by atoms with Crippen molar-refractivity contribution in [3.8, 4) is 0 Å². The van der Waals surface area contributed by atoms with Gasteiger partial charge in [0.2, 0.25) is 0 Å². The van der Waals surface area contributed by atoms with Gasteiger partial charge >= 0.3 is 0 Å². The molecule has 1 aliphatic rings. The number of rotatable bonds is 6. The van der Waals surface area contributed by atoms with Crippen LogP contribution < -0.4 is 4.90 Å². The molecule has 6 heteroatoms.